The van der Waals surface area contributed by atoms with E-state index in [1.807, 2.05) is 6.07 Å². The molecule has 0 saturated carbocycles. The number of hydrogen-bond acceptors (Lipinski definition) is 2. The standard InChI is InChI=1S/C13H15BrClNO/c14-12-4-2-1-3-11(12)9-16-7-5-10(6-8-16)13(15)17/h1-4,10H,5-9H2. The van der Waals surface area contributed by atoms with Gasteiger partial charge in [0.1, 0.15) is 0 Å². The van der Waals surface area contributed by atoms with Gasteiger partial charge in [0, 0.05) is 16.9 Å². The molecule has 4 heteroatoms. The van der Waals surface area contributed by atoms with Crippen molar-refractivity contribution in [3.63, 3.8) is 0 Å². The van der Waals surface area contributed by atoms with Crippen LogP contribution in [0.5, 0.6) is 0 Å². The minimum Gasteiger partial charge on any atom is -0.299 e. The lowest BCUT2D eigenvalue weighted by Gasteiger charge is -2.30. The highest BCUT2D eigenvalue weighted by atomic mass is 79.9. The highest BCUT2D eigenvalue weighted by Gasteiger charge is 2.23. The summed E-state index contributed by atoms with van der Waals surface area (Å²) in [6.45, 7) is 2.83. The number of nitrogens with zero attached hydrogens (tertiary/aromatic N) is 1. The van der Waals surface area contributed by atoms with Crippen LogP contribution in [0.15, 0.2) is 28.7 Å². The third-order valence-electron chi connectivity index (χ3n) is 3.26. The summed E-state index contributed by atoms with van der Waals surface area (Å²) >= 11 is 9.08. The van der Waals surface area contributed by atoms with E-state index in [4.69, 9.17) is 11.6 Å². The van der Waals surface area contributed by atoms with Crippen LogP contribution < -0.4 is 0 Å². The molecule has 0 unspecified atom stereocenters. The molecule has 1 heterocycles. The maximum absolute atomic E-state index is 11.1. The first kappa shape index (κ1) is 13.1. The number of likely N-dealkylation sites (tertiary alicyclic amines) is 1. The molecule has 1 aromatic rings. The molecular formula is C13H15BrClNO. The molecule has 0 radical (unpaired) electrons. The van der Waals surface area contributed by atoms with Crippen molar-refractivity contribution in [1.82, 2.24) is 4.90 Å². The molecule has 0 N–H and O–H groups in total. The molecule has 92 valence electrons. The number of benzene rings is 1. The fraction of sp³-hybridized carbons (Fsp3) is 0.462. The highest BCUT2D eigenvalue weighted by Crippen LogP contribution is 2.23. The summed E-state index contributed by atoms with van der Waals surface area (Å²) in [5.41, 5.74) is 1.29. The molecule has 0 amide bonds. The Balaban J connectivity index is 1.90. The summed E-state index contributed by atoms with van der Waals surface area (Å²) in [4.78, 5) is 13.4. The third-order valence-corrected chi connectivity index (χ3v) is 4.34. The van der Waals surface area contributed by atoms with Crippen molar-refractivity contribution in [2.45, 2.75) is 19.4 Å². The molecule has 1 saturated heterocycles. The molecule has 0 aromatic heterocycles. The third kappa shape index (κ3) is 3.54. The summed E-state index contributed by atoms with van der Waals surface area (Å²) < 4.78 is 1.15. The quantitative estimate of drug-likeness (QED) is 0.796. The fourth-order valence-electron chi connectivity index (χ4n) is 2.19. The van der Waals surface area contributed by atoms with E-state index in [9.17, 15) is 4.79 Å². The summed E-state index contributed by atoms with van der Waals surface area (Å²) in [5.74, 6) is 0.0622. The van der Waals surface area contributed by atoms with Crippen molar-refractivity contribution in [2.24, 2.45) is 5.92 Å². The maximum atomic E-state index is 11.1. The van der Waals surface area contributed by atoms with E-state index in [0.717, 1.165) is 36.9 Å². The van der Waals surface area contributed by atoms with E-state index in [2.05, 4.69) is 39.0 Å². The number of carbonyl (C=O) groups excluding carboxylic acids is 1. The minimum atomic E-state index is -0.175. The smallest absolute Gasteiger partial charge is 0.224 e. The second kappa shape index (κ2) is 5.98. The average Bonchev–Trinajstić information content (AvgIpc) is 2.33. The van der Waals surface area contributed by atoms with E-state index in [1.165, 1.54) is 5.56 Å². The predicted octanol–water partition coefficient (Wildman–Crippen LogP) is 3.43. The molecule has 2 rings (SSSR count). The maximum Gasteiger partial charge on any atom is 0.224 e. The Morgan fingerprint density at radius 1 is 1.35 bits per heavy atom. The van der Waals surface area contributed by atoms with Crippen LogP contribution in [-0.2, 0) is 11.3 Å². The molecular weight excluding hydrogens is 302 g/mol. The van der Waals surface area contributed by atoms with E-state index in [-0.39, 0.29) is 11.2 Å². The van der Waals surface area contributed by atoms with Gasteiger partial charge < -0.3 is 0 Å². The molecule has 0 bridgehead atoms. The predicted molar refractivity (Wildman–Crippen MR) is 73.0 cm³/mol. The largest absolute Gasteiger partial charge is 0.299 e. The number of carbonyl (C=O) groups is 1. The highest BCUT2D eigenvalue weighted by molar-refractivity contribution is 9.10. The Hall–Kier alpha value is -0.380. The molecule has 17 heavy (non-hydrogen) atoms. The Morgan fingerprint density at radius 3 is 2.59 bits per heavy atom. The van der Waals surface area contributed by atoms with Crippen LogP contribution in [0, 0.1) is 5.92 Å². The lowest BCUT2D eigenvalue weighted by molar-refractivity contribution is -0.116. The van der Waals surface area contributed by atoms with Crippen LogP contribution in [-0.4, -0.2) is 23.2 Å². The SMILES string of the molecule is O=C(Cl)C1CCN(Cc2ccccc2Br)CC1. The van der Waals surface area contributed by atoms with Crippen molar-refractivity contribution < 1.29 is 4.79 Å². The normalized spacial score (nSPS) is 18.2. The van der Waals surface area contributed by atoms with Gasteiger partial charge >= 0.3 is 0 Å². The number of halogens is 2. The molecule has 1 aliphatic heterocycles. The summed E-state index contributed by atoms with van der Waals surface area (Å²) in [6, 6.07) is 8.26. The average molecular weight is 317 g/mol. The Morgan fingerprint density at radius 2 is 2.00 bits per heavy atom. The van der Waals surface area contributed by atoms with Gasteiger partial charge in [-0.2, -0.15) is 0 Å². The zero-order valence-corrected chi connectivity index (χ0v) is 11.9. The minimum absolute atomic E-state index is 0.0622. The van der Waals surface area contributed by atoms with Crippen LogP contribution >= 0.6 is 27.5 Å². The lowest BCUT2D eigenvalue weighted by Crippen LogP contribution is -2.34. The Labute approximate surface area is 115 Å². The topological polar surface area (TPSA) is 20.3 Å². The zero-order chi connectivity index (χ0) is 12.3. The fourth-order valence-corrected chi connectivity index (χ4v) is 2.81. The number of piperidine rings is 1. The van der Waals surface area contributed by atoms with E-state index >= 15 is 0 Å². The van der Waals surface area contributed by atoms with Gasteiger partial charge in [-0.15, -0.1) is 0 Å². The van der Waals surface area contributed by atoms with Crippen LogP contribution in [0.4, 0.5) is 0 Å². The molecule has 1 aromatic carbocycles. The first-order valence-electron chi connectivity index (χ1n) is 5.82. The molecule has 2 nitrogen and oxygen atoms in total. The number of rotatable bonds is 3. The van der Waals surface area contributed by atoms with Gasteiger partial charge in [-0.05, 0) is 49.2 Å². The van der Waals surface area contributed by atoms with Gasteiger partial charge in [0.2, 0.25) is 5.24 Å². The van der Waals surface area contributed by atoms with Crippen LogP contribution in [0.1, 0.15) is 18.4 Å². The van der Waals surface area contributed by atoms with Crippen LogP contribution in [0.3, 0.4) is 0 Å². The second-order valence-corrected chi connectivity index (χ2v) is 5.67. The molecule has 0 aliphatic carbocycles. The van der Waals surface area contributed by atoms with Crippen molar-refractivity contribution in [2.75, 3.05) is 13.1 Å². The summed E-state index contributed by atoms with van der Waals surface area (Å²) in [6.07, 6.45) is 1.76. The number of hydrogen-bond donors (Lipinski definition) is 0. The molecule has 0 atom stereocenters. The Kier molecular flexibility index (Phi) is 4.60. The molecule has 1 fully saturated rings. The van der Waals surface area contributed by atoms with Crippen LogP contribution in [0.2, 0.25) is 0 Å². The van der Waals surface area contributed by atoms with E-state index in [1.54, 1.807) is 0 Å². The van der Waals surface area contributed by atoms with Gasteiger partial charge in [-0.3, -0.25) is 9.69 Å². The van der Waals surface area contributed by atoms with Gasteiger partial charge in [-0.25, -0.2) is 0 Å². The van der Waals surface area contributed by atoms with Gasteiger partial charge in [0.15, 0.2) is 0 Å². The van der Waals surface area contributed by atoms with Crippen LogP contribution in [0.25, 0.3) is 0 Å². The first-order chi connectivity index (χ1) is 8.16. The van der Waals surface area contributed by atoms with Crippen molar-refractivity contribution in [1.29, 1.82) is 0 Å². The van der Waals surface area contributed by atoms with Crippen molar-refractivity contribution in [3.8, 4) is 0 Å². The summed E-state index contributed by atoms with van der Waals surface area (Å²) in [7, 11) is 0. The van der Waals surface area contributed by atoms with Gasteiger partial charge in [-0.1, -0.05) is 34.1 Å². The first-order valence-corrected chi connectivity index (χ1v) is 6.99. The summed E-state index contributed by atoms with van der Waals surface area (Å²) in [5, 5.41) is -0.175. The van der Waals surface area contributed by atoms with Crippen molar-refractivity contribution >= 4 is 32.8 Å². The van der Waals surface area contributed by atoms with E-state index < -0.39 is 0 Å². The Bertz CT molecular complexity index is 402. The van der Waals surface area contributed by atoms with E-state index in [0.29, 0.717) is 0 Å². The monoisotopic (exact) mass is 315 g/mol. The van der Waals surface area contributed by atoms with Gasteiger partial charge in [0.25, 0.3) is 0 Å². The second-order valence-electron chi connectivity index (χ2n) is 4.45. The van der Waals surface area contributed by atoms with Crippen molar-refractivity contribution in [3.05, 3.63) is 34.3 Å². The molecule has 1 aliphatic rings. The molecule has 0 spiro atoms. The lowest BCUT2D eigenvalue weighted by atomic mass is 9.98. The zero-order valence-electron chi connectivity index (χ0n) is 9.53. The van der Waals surface area contributed by atoms with Gasteiger partial charge in [0.05, 0.1) is 0 Å².